The maximum absolute atomic E-state index is 13.0. The van der Waals surface area contributed by atoms with Crippen LogP contribution in [0.3, 0.4) is 0 Å². The van der Waals surface area contributed by atoms with Crippen LogP contribution in [0.25, 0.3) is 0 Å². The smallest absolute Gasteiger partial charge is 0.194 e. The fraction of sp³-hybridized carbons (Fsp3) is 0.316. The van der Waals surface area contributed by atoms with Crippen molar-refractivity contribution in [2.45, 2.75) is 6.54 Å². The average molecular weight is 454 g/mol. The molecule has 0 aliphatic carbocycles. The highest BCUT2D eigenvalue weighted by Crippen LogP contribution is 2.15. The molecule has 0 aromatic heterocycles. The van der Waals surface area contributed by atoms with Crippen LogP contribution in [-0.2, 0) is 6.54 Å². The first-order chi connectivity index (χ1) is 11.8. The molecule has 25 heavy (non-hydrogen) atoms. The summed E-state index contributed by atoms with van der Waals surface area (Å²) in [6, 6.07) is 17.0. The maximum atomic E-state index is 13.0. The third kappa shape index (κ3) is 5.32. The summed E-state index contributed by atoms with van der Waals surface area (Å²) in [5.74, 6) is 0.687. The number of benzene rings is 2. The molecule has 2 aromatic rings. The molecule has 0 bridgehead atoms. The van der Waals surface area contributed by atoms with Gasteiger partial charge in [0.25, 0.3) is 0 Å². The number of nitrogens with one attached hydrogen (secondary N) is 1. The van der Waals surface area contributed by atoms with Gasteiger partial charge < -0.3 is 15.1 Å². The van der Waals surface area contributed by atoms with Crippen molar-refractivity contribution in [3.8, 4) is 0 Å². The van der Waals surface area contributed by atoms with Crippen LogP contribution in [0, 0.1) is 5.82 Å². The van der Waals surface area contributed by atoms with Crippen molar-refractivity contribution in [1.82, 2.24) is 10.2 Å². The molecule has 1 aliphatic heterocycles. The van der Waals surface area contributed by atoms with Gasteiger partial charge in [-0.25, -0.2) is 4.39 Å². The van der Waals surface area contributed by atoms with Crippen LogP contribution in [0.2, 0.25) is 0 Å². The summed E-state index contributed by atoms with van der Waals surface area (Å²) >= 11 is 0. The lowest BCUT2D eigenvalue weighted by atomic mass is 10.2. The van der Waals surface area contributed by atoms with Crippen molar-refractivity contribution in [2.24, 2.45) is 4.99 Å². The van der Waals surface area contributed by atoms with Gasteiger partial charge in [0.2, 0.25) is 0 Å². The topological polar surface area (TPSA) is 30.9 Å². The number of anilines is 1. The number of aliphatic imine (C=N–C) groups is 1. The summed E-state index contributed by atoms with van der Waals surface area (Å²) in [6.45, 7) is 4.45. The predicted molar refractivity (Wildman–Crippen MR) is 112 cm³/mol. The van der Waals surface area contributed by atoms with Crippen molar-refractivity contribution in [3.05, 3.63) is 66.0 Å². The lowest BCUT2D eigenvalue weighted by Crippen LogP contribution is -2.52. The zero-order valence-electron chi connectivity index (χ0n) is 14.4. The third-order valence-corrected chi connectivity index (χ3v) is 4.28. The van der Waals surface area contributed by atoms with E-state index in [1.807, 2.05) is 6.07 Å². The minimum atomic E-state index is -0.208. The van der Waals surface area contributed by atoms with Crippen LogP contribution in [0.15, 0.2) is 59.6 Å². The van der Waals surface area contributed by atoms with Gasteiger partial charge in [-0.1, -0.05) is 30.3 Å². The van der Waals surface area contributed by atoms with E-state index in [4.69, 9.17) is 0 Å². The van der Waals surface area contributed by atoms with E-state index in [1.54, 1.807) is 19.2 Å². The Morgan fingerprint density at radius 1 is 1.00 bits per heavy atom. The van der Waals surface area contributed by atoms with Crippen molar-refractivity contribution in [2.75, 3.05) is 38.1 Å². The summed E-state index contributed by atoms with van der Waals surface area (Å²) in [5.41, 5.74) is 2.31. The number of piperazine rings is 1. The molecule has 1 heterocycles. The summed E-state index contributed by atoms with van der Waals surface area (Å²) < 4.78 is 13.0. The zero-order valence-corrected chi connectivity index (χ0v) is 16.7. The van der Waals surface area contributed by atoms with Crippen LogP contribution >= 0.6 is 24.0 Å². The van der Waals surface area contributed by atoms with Crippen LogP contribution in [0.5, 0.6) is 0 Å². The van der Waals surface area contributed by atoms with Crippen molar-refractivity contribution in [3.63, 3.8) is 0 Å². The Labute approximate surface area is 165 Å². The van der Waals surface area contributed by atoms with Crippen molar-refractivity contribution < 1.29 is 4.39 Å². The molecule has 0 saturated carbocycles. The minimum Gasteiger partial charge on any atom is -0.368 e. The van der Waals surface area contributed by atoms with E-state index in [-0.39, 0.29) is 29.8 Å². The predicted octanol–water partition coefficient (Wildman–Crippen LogP) is 3.34. The molecule has 1 saturated heterocycles. The first kappa shape index (κ1) is 19.5. The molecule has 1 N–H and O–H groups in total. The van der Waals surface area contributed by atoms with Gasteiger partial charge in [0, 0.05) is 45.5 Å². The summed E-state index contributed by atoms with van der Waals surface area (Å²) in [4.78, 5) is 9.04. The summed E-state index contributed by atoms with van der Waals surface area (Å²) in [5, 5.41) is 3.36. The van der Waals surface area contributed by atoms with Gasteiger partial charge in [-0.05, 0) is 29.8 Å². The number of halogens is 2. The Morgan fingerprint density at radius 3 is 2.24 bits per heavy atom. The quantitative estimate of drug-likeness (QED) is 0.439. The van der Waals surface area contributed by atoms with Crippen LogP contribution < -0.4 is 10.2 Å². The van der Waals surface area contributed by atoms with E-state index in [2.05, 4.69) is 44.4 Å². The lowest BCUT2D eigenvalue weighted by Gasteiger charge is -2.37. The van der Waals surface area contributed by atoms with Gasteiger partial charge in [-0.15, -0.1) is 24.0 Å². The van der Waals surface area contributed by atoms with Gasteiger partial charge in [-0.3, -0.25) is 4.99 Å². The Morgan fingerprint density at radius 2 is 1.64 bits per heavy atom. The minimum absolute atomic E-state index is 0. The number of hydrogen-bond acceptors (Lipinski definition) is 2. The van der Waals surface area contributed by atoms with E-state index in [0.29, 0.717) is 6.54 Å². The normalized spacial score (nSPS) is 14.9. The third-order valence-electron chi connectivity index (χ3n) is 4.28. The van der Waals surface area contributed by atoms with Crippen LogP contribution in [0.1, 0.15) is 5.56 Å². The molecule has 2 aromatic carbocycles. The zero-order chi connectivity index (χ0) is 16.8. The molecule has 3 rings (SSSR count). The van der Waals surface area contributed by atoms with Crippen LogP contribution in [-0.4, -0.2) is 44.1 Å². The van der Waals surface area contributed by atoms with Gasteiger partial charge in [0.05, 0.1) is 0 Å². The number of hydrogen-bond donors (Lipinski definition) is 1. The molecule has 0 spiro atoms. The number of nitrogens with zero attached hydrogens (tertiary/aromatic N) is 3. The molecule has 0 amide bonds. The number of para-hydroxylation sites is 1. The Kier molecular flexibility index (Phi) is 7.49. The van der Waals surface area contributed by atoms with Gasteiger partial charge in [0.15, 0.2) is 5.96 Å². The summed E-state index contributed by atoms with van der Waals surface area (Å²) in [6.07, 6.45) is 0. The van der Waals surface area contributed by atoms with E-state index >= 15 is 0 Å². The van der Waals surface area contributed by atoms with E-state index in [1.165, 1.54) is 17.8 Å². The first-order valence-electron chi connectivity index (χ1n) is 8.26. The van der Waals surface area contributed by atoms with E-state index < -0.39 is 0 Å². The molecule has 0 radical (unpaired) electrons. The average Bonchev–Trinajstić information content (AvgIpc) is 2.65. The fourth-order valence-corrected chi connectivity index (χ4v) is 2.93. The molecule has 1 aliphatic rings. The molecular formula is C19H24FIN4. The molecule has 4 nitrogen and oxygen atoms in total. The Hall–Kier alpha value is -1.83. The highest BCUT2D eigenvalue weighted by molar-refractivity contribution is 14.0. The first-order valence-corrected chi connectivity index (χ1v) is 8.26. The highest BCUT2D eigenvalue weighted by Gasteiger charge is 2.19. The SMILES string of the molecule is CN=C(NCc1ccc(F)cc1)N1CCN(c2ccccc2)CC1.I. The maximum Gasteiger partial charge on any atom is 0.194 e. The number of guanidine groups is 1. The largest absolute Gasteiger partial charge is 0.368 e. The molecule has 0 atom stereocenters. The monoisotopic (exact) mass is 454 g/mol. The van der Waals surface area contributed by atoms with Gasteiger partial charge in [-0.2, -0.15) is 0 Å². The molecular weight excluding hydrogens is 430 g/mol. The van der Waals surface area contributed by atoms with Crippen LogP contribution in [0.4, 0.5) is 10.1 Å². The second-order valence-electron chi connectivity index (χ2n) is 5.84. The van der Waals surface area contributed by atoms with Gasteiger partial charge in [0.1, 0.15) is 5.82 Å². The van der Waals surface area contributed by atoms with Gasteiger partial charge >= 0.3 is 0 Å². The fourth-order valence-electron chi connectivity index (χ4n) is 2.93. The van der Waals surface area contributed by atoms with E-state index in [9.17, 15) is 4.39 Å². The highest BCUT2D eigenvalue weighted by atomic mass is 127. The van der Waals surface area contributed by atoms with Crippen molar-refractivity contribution in [1.29, 1.82) is 0 Å². The number of rotatable bonds is 3. The second kappa shape index (κ2) is 9.60. The molecule has 134 valence electrons. The Balaban J connectivity index is 0.00000225. The molecule has 1 fully saturated rings. The lowest BCUT2D eigenvalue weighted by molar-refractivity contribution is 0.372. The van der Waals surface area contributed by atoms with Crippen molar-refractivity contribution >= 4 is 35.6 Å². The molecule has 0 unspecified atom stereocenters. The second-order valence-corrected chi connectivity index (χ2v) is 5.84. The van der Waals surface area contributed by atoms with E-state index in [0.717, 1.165) is 37.7 Å². The Bertz CT molecular complexity index is 668. The summed E-state index contributed by atoms with van der Waals surface area (Å²) in [7, 11) is 1.80. The standard InChI is InChI=1S/C19H23FN4.HI/c1-21-19(22-15-16-7-9-17(20)10-8-16)24-13-11-23(12-14-24)18-5-3-2-4-6-18;/h2-10H,11-15H2,1H3,(H,21,22);1H. The molecule has 6 heteroatoms.